The standard InChI is InChI=1S/C19H22N4O3/c1-12-10-15(23-19(20-12)22-13-4-2-3-5-13)18(24)21-14-6-7-16-17(11-14)26-9-8-25-16/h6-7,10-11,13H,2-5,8-9H2,1H3,(H,21,24)(H,20,22,23). The van der Waals surface area contributed by atoms with Crippen LogP contribution in [-0.4, -0.2) is 35.1 Å². The molecular formula is C19H22N4O3. The molecule has 0 atom stereocenters. The summed E-state index contributed by atoms with van der Waals surface area (Å²) >= 11 is 0. The van der Waals surface area contributed by atoms with Gasteiger partial charge in [-0.05, 0) is 38.0 Å². The average molecular weight is 354 g/mol. The number of amides is 1. The molecule has 0 bridgehead atoms. The van der Waals surface area contributed by atoms with E-state index in [1.807, 2.05) is 6.92 Å². The molecule has 1 aliphatic carbocycles. The molecule has 0 saturated heterocycles. The van der Waals surface area contributed by atoms with E-state index < -0.39 is 0 Å². The molecule has 1 saturated carbocycles. The van der Waals surface area contributed by atoms with Crippen LogP contribution in [0.4, 0.5) is 11.6 Å². The Labute approximate surface area is 152 Å². The molecular weight excluding hydrogens is 332 g/mol. The highest BCUT2D eigenvalue weighted by Crippen LogP contribution is 2.32. The van der Waals surface area contributed by atoms with Crippen LogP contribution < -0.4 is 20.1 Å². The van der Waals surface area contributed by atoms with Crippen LogP contribution in [0.15, 0.2) is 24.3 Å². The Kier molecular flexibility index (Phi) is 4.60. The lowest BCUT2D eigenvalue weighted by atomic mass is 10.2. The lowest BCUT2D eigenvalue weighted by Gasteiger charge is -2.19. The minimum absolute atomic E-state index is 0.276. The quantitative estimate of drug-likeness (QED) is 0.877. The van der Waals surface area contributed by atoms with Crippen molar-refractivity contribution in [1.82, 2.24) is 9.97 Å². The van der Waals surface area contributed by atoms with Crippen molar-refractivity contribution in [2.75, 3.05) is 23.8 Å². The smallest absolute Gasteiger partial charge is 0.274 e. The number of anilines is 2. The van der Waals surface area contributed by atoms with E-state index in [4.69, 9.17) is 9.47 Å². The van der Waals surface area contributed by atoms with Crippen LogP contribution in [0.2, 0.25) is 0 Å². The molecule has 4 rings (SSSR count). The SMILES string of the molecule is Cc1cc(C(=O)Nc2ccc3c(c2)OCCO3)nc(NC2CCCC2)n1. The Bertz CT molecular complexity index is 818. The topological polar surface area (TPSA) is 85.4 Å². The molecule has 1 aromatic carbocycles. The van der Waals surface area contributed by atoms with Crippen LogP contribution in [-0.2, 0) is 0 Å². The van der Waals surface area contributed by atoms with Gasteiger partial charge >= 0.3 is 0 Å². The van der Waals surface area contributed by atoms with E-state index >= 15 is 0 Å². The van der Waals surface area contributed by atoms with Crippen molar-refractivity contribution < 1.29 is 14.3 Å². The number of aromatic nitrogens is 2. The van der Waals surface area contributed by atoms with Gasteiger partial charge in [0.15, 0.2) is 11.5 Å². The van der Waals surface area contributed by atoms with Crippen LogP contribution in [0, 0.1) is 6.92 Å². The van der Waals surface area contributed by atoms with Crippen LogP contribution in [0.5, 0.6) is 11.5 Å². The van der Waals surface area contributed by atoms with E-state index in [-0.39, 0.29) is 5.91 Å². The number of carbonyl (C=O) groups excluding carboxylic acids is 1. The van der Waals surface area contributed by atoms with Crippen molar-refractivity contribution in [2.45, 2.75) is 38.6 Å². The van der Waals surface area contributed by atoms with Crippen molar-refractivity contribution in [2.24, 2.45) is 0 Å². The lowest BCUT2D eigenvalue weighted by Crippen LogP contribution is -2.20. The number of hydrogen-bond donors (Lipinski definition) is 2. The summed E-state index contributed by atoms with van der Waals surface area (Å²) in [6, 6.07) is 7.43. The molecule has 26 heavy (non-hydrogen) atoms. The highest BCUT2D eigenvalue weighted by Gasteiger charge is 2.18. The van der Waals surface area contributed by atoms with Gasteiger partial charge in [0.2, 0.25) is 5.95 Å². The number of aryl methyl sites for hydroxylation is 1. The maximum atomic E-state index is 12.6. The minimum Gasteiger partial charge on any atom is -0.486 e. The Morgan fingerprint density at radius 1 is 1.08 bits per heavy atom. The monoisotopic (exact) mass is 354 g/mol. The first-order valence-corrected chi connectivity index (χ1v) is 9.00. The molecule has 136 valence electrons. The molecule has 2 aliphatic rings. The number of benzene rings is 1. The fourth-order valence-electron chi connectivity index (χ4n) is 3.32. The number of fused-ring (bicyclic) bond motifs is 1. The van der Waals surface area contributed by atoms with Crippen molar-refractivity contribution in [3.63, 3.8) is 0 Å². The second-order valence-electron chi connectivity index (χ2n) is 6.66. The van der Waals surface area contributed by atoms with Crippen molar-refractivity contribution in [1.29, 1.82) is 0 Å². The number of nitrogens with zero attached hydrogens (tertiary/aromatic N) is 2. The molecule has 2 aromatic rings. The molecule has 1 aromatic heterocycles. The number of rotatable bonds is 4. The predicted octanol–water partition coefficient (Wildman–Crippen LogP) is 3.16. The van der Waals surface area contributed by atoms with Gasteiger partial charge in [-0.25, -0.2) is 9.97 Å². The fourth-order valence-corrected chi connectivity index (χ4v) is 3.32. The zero-order chi connectivity index (χ0) is 17.9. The van der Waals surface area contributed by atoms with Crippen molar-refractivity contribution in [3.05, 3.63) is 35.7 Å². The molecule has 7 heteroatoms. The highest BCUT2D eigenvalue weighted by molar-refractivity contribution is 6.03. The van der Waals surface area contributed by atoms with Gasteiger partial charge in [0.05, 0.1) is 0 Å². The van der Waals surface area contributed by atoms with E-state index in [0.29, 0.717) is 48.1 Å². The van der Waals surface area contributed by atoms with Gasteiger partial charge in [0.1, 0.15) is 18.9 Å². The zero-order valence-electron chi connectivity index (χ0n) is 14.7. The van der Waals surface area contributed by atoms with Crippen LogP contribution in [0.1, 0.15) is 41.9 Å². The highest BCUT2D eigenvalue weighted by atomic mass is 16.6. The molecule has 0 radical (unpaired) electrons. The summed E-state index contributed by atoms with van der Waals surface area (Å²) in [5.41, 5.74) is 1.74. The summed E-state index contributed by atoms with van der Waals surface area (Å²) in [7, 11) is 0. The third-order valence-electron chi connectivity index (χ3n) is 4.58. The first-order chi connectivity index (χ1) is 12.7. The summed E-state index contributed by atoms with van der Waals surface area (Å²) in [4.78, 5) is 21.4. The Hall–Kier alpha value is -2.83. The number of hydrogen-bond acceptors (Lipinski definition) is 6. The Morgan fingerprint density at radius 2 is 1.85 bits per heavy atom. The normalized spacial score (nSPS) is 16.3. The first-order valence-electron chi connectivity index (χ1n) is 9.00. The number of carbonyl (C=O) groups is 1. The summed E-state index contributed by atoms with van der Waals surface area (Å²) in [5.74, 6) is 1.57. The largest absolute Gasteiger partial charge is 0.486 e. The molecule has 2 heterocycles. The van der Waals surface area contributed by atoms with Gasteiger partial charge < -0.3 is 20.1 Å². The van der Waals surface area contributed by atoms with E-state index in [0.717, 1.165) is 18.5 Å². The van der Waals surface area contributed by atoms with Gasteiger partial charge in [-0.1, -0.05) is 12.8 Å². The first kappa shape index (κ1) is 16.6. The van der Waals surface area contributed by atoms with Crippen molar-refractivity contribution >= 4 is 17.5 Å². The van der Waals surface area contributed by atoms with Gasteiger partial charge in [-0.15, -0.1) is 0 Å². The van der Waals surface area contributed by atoms with Gasteiger partial charge in [-0.2, -0.15) is 0 Å². The molecule has 1 fully saturated rings. The third-order valence-corrected chi connectivity index (χ3v) is 4.58. The Balaban J connectivity index is 1.49. The zero-order valence-corrected chi connectivity index (χ0v) is 14.7. The maximum Gasteiger partial charge on any atom is 0.274 e. The molecule has 1 amide bonds. The molecule has 0 spiro atoms. The molecule has 1 aliphatic heterocycles. The maximum absolute atomic E-state index is 12.6. The molecule has 0 unspecified atom stereocenters. The van der Waals surface area contributed by atoms with E-state index in [2.05, 4.69) is 20.6 Å². The summed E-state index contributed by atoms with van der Waals surface area (Å²) < 4.78 is 11.0. The number of ether oxygens (including phenoxy) is 2. The van der Waals surface area contributed by atoms with Crippen LogP contribution >= 0.6 is 0 Å². The van der Waals surface area contributed by atoms with Gasteiger partial charge in [0.25, 0.3) is 5.91 Å². The second kappa shape index (κ2) is 7.19. The van der Waals surface area contributed by atoms with Gasteiger partial charge in [-0.3, -0.25) is 4.79 Å². The second-order valence-corrected chi connectivity index (χ2v) is 6.66. The summed E-state index contributed by atoms with van der Waals surface area (Å²) in [6.45, 7) is 2.91. The Morgan fingerprint density at radius 3 is 2.65 bits per heavy atom. The fraction of sp³-hybridized carbons (Fsp3) is 0.421. The lowest BCUT2D eigenvalue weighted by molar-refractivity contribution is 0.102. The predicted molar refractivity (Wildman–Crippen MR) is 98.0 cm³/mol. The minimum atomic E-state index is -0.276. The van der Waals surface area contributed by atoms with Crippen molar-refractivity contribution in [3.8, 4) is 11.5 Å². The average Bonchev–Trinajstić information content (AvgIpc) is 3.14. The third kappa shape index (κ3) is 3.71. The van der Waals surface area contributed by atoms with Gasteiger partial charge in [0, 0.05) is 23.5 Å². The molecule has 7 nitrogen and oxygen atoms in total. The van der Waals surface area contributed by atoms with E-state index in [1.165, 1.54) is 12.8 Å². The van der Waals surface area contributed by atoms with Crippen LogP contribution in [0.3, 0.4) is 0 Å². The van der Waals surface area contributed by atoms with Crippen LogP contribution in [0.25, 0.3) is 0 Å². The van der Waals surface area contributed by atoms with E-state index in [9.17, 15) is 4.79 Å². The summed E-state index contributed by atoms with van der Waals surface area (Å²) in [5, 5.41) is 6.21. The molecule has 2 N–H and O–H groups in total. The number of nitrogens with one attached hydrogen (secondary N) is 2. The van der Waals surface area contributed by atoms with E-state index in [1.54, 1.807) is 24.3 Å². The summed E-state index contributed by atoms with van der Waals surface area (Å²) in [6.07, 6.45) is 4.69.